The lowest BCUT2D eigenvalue weighted by Gasteiger charge is -2.36. The zero-order valence-electron chi connectivity index (χ0n) is 19.0. The quantitative estimate of drug-likeness (QED) is 0.582. The monoisotopic (exact) mass is 440 g/mol. The summed E-state index contributed by atoms with van der Waals surface area (Å²) in [6.07, 6.45) is 3.08. The number of amides is 2. The number of pyridine rings is 1. The second-order valence-electron chi connectivity index (χ2n) is 8.05. The highest BCUT2D eigenvalue weighted by atomic mass is 16.5. The number of morpholine rings is 1. The molecule has 2 heterocycles. The van der Waals surface area contributed by atoms with Gasteiger partial charge in [0.2, 0.25) is 5.91 Å². The van der Waals surface area contributed by atoms with Crippen LogP contribution < -0.4 is 20.3 Å². The number of carbonyl (C=O) groups excluding carboxylic acids is 2. The molecule has 2 amide bonds. The average molecular weight is 441 g/mol. The third-order valence-electron chi connectivity index (χ3n) is 5.26. The van der Waals surface area contributed by atoms with Gasteiger partial charge in [-0.2, -0.15) is 0 Å². The number of nitrogens with zero attached hydrogens (tertiary/aromatic N) is 2. The van der Waals surface area contributed by atoms with Gasteiger partial charge >= 0.3 is 0 Å². The minimum atomic E-state index is -0.164. The number of anilines is 1. The fourth-order valence-corrected chi connectivity index (χ4v) is 3.66. The smallest absolute Gasteiger partial charge is 0.251 e. The molecular weight excluding hydrogens is 408 g/mol. The first-order valence-corrected chi connectivity index (χ1v) is 11.0. The molecular formula is C24H32N4O4. The number of ether oxygens (including phenoxy) is 2. The average Bonchev–Trinajstić information content (AvgIpc) is 2.80. The van der Waals surface area contributed by atoms with Gasteiger partial charge < -0.3 is 25.0 Å². The largest absolute Gasteiger partial charge is 0.497 e. The van der Waals surface area contributed by atoms with Crippen molar-refractivity contribution < 1.29 is 19.1 Å². The van der Waals surface area contributed by atoms with Crippen LogP contribution in [0.25, 0.3) is 0 Å². The van der Waals surface area contributed by atoms with Gasteiger partial charge in [-0.05, 0) is 56.2 Å². The molecule has 172 valence electrons. The number of rotatable bonds is 9. The number of hydrogen-bond donors (Lipinski definition) is 2. The van der Waals surface area contributed by atoms with Crippen molar-refractivity contribution in [1.82, 2.24) is 15.6 Å². The van der Waals surface area contributed by atoms with Gasteiger partial charge in [-0.1, -0.05) is 6.07 Å². The Kier molecular flexibility index (Phi) is 8.44. The first-order chi connectivity index (χ1) is 15.4. The molecule has 1 aromatic heterocycles. The van der Waals surface area contributed by atoms with E-state index in [-0.39, 0.29) is 24.0 Å². The van der Waals surface area contributed by atoms with Gasteiger partial charge in [0.15, 0.2) is 0 Å². The molecule has 8 nitrogen and oxygen atoms in total. The van der Waals surface area contributed by atoms with Crippen LogP contribution in [0.3, 0.4) is 0 Å². The highest BCUT2D eigenvalue weighted by Crippen LogP contribution is 2.18. The van der Waals surface area contributed by atoms with Gasteiger partial charge in [-0.3, -0.25) is 9.59 Å². The summed E-state index contributed by atoms with van der Waals surface area (Å²) in [4.78, 5) is 31.0. The number of aromatic nitrogens is 1. The van der Waals surface area contributed by atoms with Crippen LogP contribution in [0.1, 0.15) is 42.6 Å². The van der Waals surface area contributed by atoms with Crippen molar-refractivity contribution in [2.45, 2.75) is 45.4 Å². The summed E-state index contributed by atoms with van der Waals surface area (Å²) in [6, 6.07) is 10.9. The minimum absolute atomic E-state index is 0.0522. The van der Waals surface area contributed by atoms with Crippen molar-refractivity contribution in [1.29, 1.82) is 0 Å². The van der Waals surface area contributed by atoms with Crippen LogP contribution in [0.4, 0.5) is 5.82 Å². The second-order valence-corrected chi connectivity index (χ2v) is 8.05. The third-order valence-corrected chi connectivity index (χ3v) is 5.26. The number of carbonyl (C=O) groups is 2. The molecule has 0 bridgehead atoms. The Hall–Kier alpha value is -3.13. The summed E-state index contributed by atoms with van der Waals surface area (Å²) in [5.74, 6) is 1.41. The minimum Gasteiger partial charge on any atom is -0.497 e. The number of nitrogens with one attached hydrogen (secondary N) is 2. The highest BCUT2D eigenvalue weighted by Gasteiger charge is 2.22. The van der Waals surface area contributed by atoms with Crippen LogP contribution in [0.2, 0.25) is 0 Å². The Morgan fingerprint density at radius 3 is 2.44 bits per heavy atom. The standard InChI is InChI=1S/C24H32N4O4/c1-17-15-28(16-18(2)32-17)22-11-6-19(13-26-22)14-27-23(29)5-4-12-25-24(30)20-7-9-21(31-3)10-8-20/h6-11,13,17-18H,4-5,12,14-16H2,1-3H3,(H,25,30)(H,27,29). The Bertz CT molecular complexity index is 876. The number of hydrogen-bond acceptors (Lipinski definition) is 6. The highest BCUT2D eigenvalue weighted by molar-refractivity contribution is 5.94. The maximum atomic E-state index is 12.1. The van der Waals surface area contributed by atoms with E-state index in [9.17, 15) is 9.59 Å². The lowest BCUT2D eigenvalue weighted by atomic mass is 10.2. The van der Waals surface area contributed by atoms with Crippen LogP contribution in [-0.4, -0.2) is 55.8 Å². The normalized spacial score (nSPS) is 18.2. The molecule has 1 fully saturated rings. The maximum absolute atomic E-state index is 12.1. The first-order valence-electron chi connectivity index (χ1n) is 11.0. The lowest BCUT2D eigenvalue weighted by Crippen LogP contribution is -2.45. The first kappa shape index (κ1) is 23.5. The molecule has 32 heavy (non-hydrogen) atoms. The zero-order valence-corrected chi connectivity index (χ0v) is 19.0. The van der Waals surface area contributed by atoms with E-state index in [1.54, 1.807) is 37.6 Å². The van der Waals surface area contributed by atoms with Crippen molar-refractivity contribution in [3.63, 3.8) is 0 Å². The van der Waals surface area contributed by atoms with Crippen molar-refractivity contribution >= 4 is 17.6 Å². The predicted octanol–water partition coefficient (Wildman–Crippen LogP) is 2.53. The van der Waals surface area contributed by atoms with Crippen LogP contribution in [0, 0.1) is 0 Å². The topological polar surface area (TPSA) is 92.8 Å². The van der Waals surface area contributed by atoms with Crippen LogP contribution in [0.5, 0.6) is 5.75 Å². The second kappa shape index (κ2) is 11.5. The molecule has 2 N–H and O–H groups in total. The van der Waals surface area contributed by atoms with E-state index in [2.05, 4.69) is 34.4 Å². The summed E-state index contributed by atoms with van der Waals surface area (Å²) in [7, 11) is 1.58. The van der Waals surface area contributed by atoms with E-state index in [1.807, 2.05) is 12.1 Å². The van der Waals surface area contributed by atoms with Gasteiger partial charge in [0.1, 0.15) is 11.6 Å². The van der Waals surface area contributed by atoms with E-state index in [1.165, 1.54) is 0 Å². The van der Waals surface area contributed by atoms with Gasteiger partial charge in [0, 0.05) is 44.4 Å². The van der Waals surface area contributed by atoms with Gasteiger partial charge in [-0.25, -0.2) is 4.98 Å². The zero-order chi connectivity index (χ0) is 22.9. The fourth-order valence-electron chi connectivity index (χ4n) is 3.66. The van der Waals surface area contributed by atoms with Gasteiger partial charge in [-0.15, -0.1) is 0 Å². The molecule has 0 spiro atoms. The Morgan fingerprint density at radius 1 is 1.09 bits per heavy atom. The Labute approximate surface area is 189 Å². The summed E-state index contributed by atoms with van der Waals surface area (Å²) in [6.45, 7) is 6.64. The van der Waals surface area contributed by atoms with Crippen molar-refractivity contribution in [2.24, 2.45) is 0 Å². The van der Waals surface area contributed by atoms with Gasteiger partial charge in [0.25, 0.3) is 5.91 Å². The summed E-state index contributed by atoms with van der Waals surface area (Å²) >= 11 is 0. The van der Waals surface area contributed by atoms with Crippen molar-refractivity contribution in [3.8, 4) is 5.75 Å². The van der Waals surface area contributed by atoms with E-state index < -0.39 is 0 Å². The molecule has 1 aromatic carbocycles. The molecule has 8 heteroatoms. The summed E-state index contributed by atoms with van der Waals surface area (Å²) in [5.41, 5.74) is 1.51. The van der Waals surface area contributed by atoms with Crippen molar-refractivity contribution in [3.05, 3.63) is 53.7 Å². The lowest BCUT2D eigenvalue weighted by molar-refractivity contribution is -0.121. The molecule has 3 rings (SSSR count). The molecule has 0 aliphatic carbocycles. The molecule has 2 unspecified atom stereocenters. The Morgan fingerprint density at radius 2 is 1.81 bits per heavy atom. The predicted molar refractivity (Wildman–Crippen MR) is 123 cm³/mol. The van der Waals surface area contributed by atoms with E-state index >= 15 is 0 Å². The third kappa shape index (κ3) is 6.95. The molecule has 1 aliphatic rings. The molecule has 0 radical (unpaired) electrons. The number of benzene rings is 1. The molecule has 1 saturated heterocycles. The van der Waals surface area contributed by atoms with Gasteiger partial charge in [0.05, 0.1) is 19.3 Å². The maximum Gasteiger partial charge on any atom is 0.251 e. The molecule has 2 atom stereocenters. The van der Waals surface area contributed by atoms with E-state index in [4.69, 9.17) is 9.47 Å². The van der Waals surface area contributed by atoms with Crippen LogP contribution in [0.15, 0.2) is 42.6 Å². The van der Waals surface area contributed by atoms with E-state index in [0.29, 0.717) is 37.2 Å². The Balaban J connectivity index is 1.34. The SMILES string of the molecule is COc1ccc(C(=O)NCCCC(=O)NCc2ccc(N3CC(C)OC(C)C3)nc2)cc1. The number of methoxy groups -OCH3 is 1. The molecule has 0 saturated carbocycles. The fraction of sp³-hybridized carbons (Fsp3) is 0.458. The summed E-state index contributed by atoms with van der Waals surface area (Å²) < 4.78 is 10.8. The van der Waals surface area contributed by atoms with E-state index in [0.717, 1.165) is 24.5 Å². The molecule has 1 aliphatic heterocycles. The van der Waals surface area contributed by atoms with Crippen LogP contribution in [-0.2, 0) is 16.1 Å². The summed E-state index contributed by atoms with van der Waals surface area (Å²) in [5, 5.41) is 5.73. The molecule has 2 aromatic rings. The van der Waals surface area contributed by atoms with Crippen LogP contribution >= 0.6 is 0 Å². The van der Waals surface area contributed by atoms with Crippen molar-refractivity contribution in [2.75, 3.05) is 31.6 Å².